The Morgan fingerprint density at radius 3 is 1.73 bits per heavy atom. The van der Waals surface area contributed by atoms with Gasteiger partial charge in [0.15, 0.2) is 0 Å². The highest BCUT2D eigenvalue weighted by Gasteiger charge is 2.44. The van der Waals surface area contributed by atoms with Crippen LogP contribution in [0, 0.1) is 0 Å². The molecule has 0 saturated carbocycles. The minimum Gasteiger partial charge on any atom is -0.458 e. The number of para-hydroxylation sites is 3. The highest BCUT2D eigenvalue weighted by atomic mass is 16.5. The number of benzene rings is 7. The number of hydrogen-bond acceptors (Lipinski definition) is 3. The van der Waals surface area contributed by atoms with Crippen LogP contribution in [-0.2, 0) is 5.41 Å². The average Bonchev–Trinajstić information content (AvgIpc) is 3.36. The van der Waals surface area contributed by atoms with Gasteiger partial charge in [-0.2, -0.15) is 0 Å². The van der Waals surface area contributed by atoms with Gasteiger partial charge in [-0.25, -0.2) is 0 Å². The number of anilines is 3. The number of rotatable bonds is 4. The molecule has 0 atom stereocenters. The highest BCUT2D eigenvalue weighted by Crippen LogP contribution is 2.52. The summed E-state index contributed by atoms with van der Waals surface area (Å²) >= 11 is 0. The predicted octanol–water partition coefficient (Wildman–Crippen LogP) is 9.86. The van der Waals surface area contributed by atoms with Crippen molar-refractivity contribution in [1.29, 1.82) is 0 Å². The third kappa shape index (κ3) is 4.23. The van der Waals surface area contributed by atoms with Crippen molar-refractivity contribution in [2.24, 2.45) is 0 Å². The highest BCUT2D eigenvalue weighted by molar-refractivity contribution is 6.98. The first-order chi connectivity index (χ1) is 24.0. The van der Waals surface area contributed by atoms with Crippen LogP contribution >= 0.6 is 0 Å². The quantitative estimate of drug-likeness (QED) is 0.181. The lowest BCUT2D eigenvalue weighted by Crippen LogP contribution is -2.57. The van der Waals surface area contributed by atoms with Gasteiger partial charge in [0.25, 0.3) is 6.71 Å². The summed E-state index contributed by atoms with van der Waals surface area (Å²) in [4.78, 5) is 2.34. The molecule has 7 aromatic rings. The van der Waals surface area contributed by atoms with Crippen molar-refractivity contribution in [2.45, 2.75) is 19.3 Å². The number of ether oxygens (including phenoxy) is 2. The third-order valence-electron chi connectivity index (χ3n) is 10.6. The van der Waals surface area contributed by atoms with Gasteiger partial charge < -0.3 is 14.4 Å². The maximum atomic E-state index is 6.90. The Bertz CT molecular complexity index is 2380. The molecule has 0 N–H and O–H groups in total. The Labute approximate surface area is 287 Å². The van der Waals surface area contributed by atoms with Crippen LogP contribution in [0.3, 0.4) is 0 Å². The Morgan fingerprint density at radius 1 is 0.449 bits per heavy atom. The van der Waals surface area contributed by atoms with Gasteiger partial charge in [-0.1, -0.05) is 111 Å². The van der Waals surface area contributed by atoms with E-state index >= 15 is 0 Å². The van der Waals surface area contributed by atoms with Gasteiger partial charge in [0.1, 0.15) is 23.0 Å². The molecule has 0 aromatic heterocycles. The zero-order valence-electron chi connectivity index (χ0n) is 27.4. The van der Waals surface area contributed by atoms with E-state index in [1.807, 2.05) is 6.07 Å². The minimum absolute atomic E-state index is 0.00977. The fourth-order valence-electron chi connectivity index (χ4n) is 8.20. The van der Waals surface area contributed by atoms with E-state index in [9.17, 15) is 0 Å². The first kappa shape index (κ1) is 28.1. The summed E-state index contributed by atoms with van der Waals surface area (Å²) in [7, 11) is 0. The summed E-state index contributed by atoms with van der Waals surface area (Å²) in [6.07, 6.45) is 0. The lowest BCUT2D eigenvalue weighted by molar-refractivity contribution is 0.465. The van der Waals surface area contributed by atoms with E-state index in [0.29, 0.717) is 0 Å². The van der Waals surface area contributed by atoms with Gasteiger partial charge in [-0.05, 0) is 105 Å². The second-order valence-electron chi connectivity index (χ2n) is 13.7. The summed E-state index contributed by atoms with van der Waals surface area (Å²) in [5.41, 5.74) is 14.0. The molecule has 0 saturated heterocycles. The van der Waals surface area contributed by atoms with E-state index in [2.05, 4.69) is 170 Å². The van der Waals surface area contributed by atoms with Crippen molar-refractivity contribution in [1.82, 2.24) is 0 Å². The van der Waals surface area contributed by atoms with Gasteiger partial charge in [0, 0.05) is 27.9 Å². The molecule has 4 heteroatoms. The molecular weight excluding hydrogens is 597 g/mol. The van der Waals surface area contributed by atoms with Gasteiger partial charge in [-0.3, -0.25) is 0 Å². The van der Waals surface area contributed by atoms with Crippen LogP contribution < -0.4 is 30.8 Å². The zero-order valence-corrected chi connectivity index (χ0v) is 27.4. The third-order valence-corrected chi connectivity index (χ3v) is 10.6. The largest absolute Gasteiger partial charge is 0.458 e. The predicted molar refractivity (Wildman–Crippen MR) is 202 cm³/mol. The molecule has 0 bridgehead atoms. The molecular formula is C45H32BNO2. The Balaban J connectivity index is 1.14. The first-order valence-electron chi connectivity index (χ1n) is 17.0. The van der Waals surface area contributed by atoms with Crippen molar-refractivity contribution >= 4 is 40.2 Å². The molecule has 49 heavy (non-hydrogen) atoms. The molecule has 1 aliphatic carbocycles. The second-order valence-corrected chi connectivity index (χ2v) is 13.7. The van der Waals surface area contributed by atoms with Crippen LogP contribution in [0.25, 0.3) is 22.3 Å². The summed E-state index contributed by atoms with van der Waals surface area (Å²) < 4.78 is 13.5. The molecule has 3 nitrogen and oxygen atoms in total. The zero-order chi connectivity index (χ0) is 32.7. The fourth-order valence-corrected chi connectivity index (χ4v) is 8.20. The summed E-state index contributed by atoms with van der Waals surface area (Å²) in [5, 5.41) is 0. The molecule has 0 radical (unpaired) electrons. The Hall–Kier alpha value is -6.00. The topological polar surface area (TPSA) is 21.7 Å². The monoisotopic (exact) mass is 629 g/mol. The number of nitrogens with zero attached hydrogens (tertiary/aromatic N) is 1. The summed E-state index contributed by atoms with van der Waals surface area (Å²) in [6.45, 7) is 4.72. The van der Waals surface area contributed by atoms with Crippen molar-refractivity contribution in [3.05, 3.63) is 169 Å². The lowest BCUT2D eigenvalue weighted by Gasteiger charge is -2.34. The first-order valence-corrected chi connectivity index (χ1v) is 17.0. The Kier molecular flexibility index (Phi) is 6.01. The van der Waals surface area contributed by atoms with Crippen molar-refractivity contribution in [3.63, 3.8) is 0 Å². The van der Waals surface area contributed by atoms with Crippen molar-refractivity contribution in [2.75, 3.05) is 4.90 Å². The van der Waals surface area contributed by atoms with Crippen LogP contribution in [0.1, 0.15) is 25.0 Å². The molecule has 232 valence electrons. The van der Waals surface area contributed by atoms with Crippen LogP contribution in [-0.4, -0.2) is 6.71 Å². The molecule has 3 aliphatic rings. The van der Waals surface area contributed by atoms with Gasteiger partial charge >= 0.3 is 0 Å². The van der Waals surface area contributed by atoms with E-state index in [1.165, 1.54) is 33.2 Å². The average molecular weight is 630 g/mol. The molecule has 7 aromatic carbocycles. The second kappa shape index (κ2) is 10.5. The Morgan fingerprint density at radius 2 is 1.04 bits per heavy atom. The van der Waals surface area contributed by atoms with Crippen LogP contribution in [0.2, 0.25) is 0 Å². The van der Waals surface area contributed by atoms with Crippen LogP contribution in [0.5, 0.6) is 23.0 Å². The lowest BCUT2D eigenvalue weighted by atomic mass is 9.34. The van der Waals surface area contributed by atoms with Crippen molar-refractivity contribution in [3.8, 4) is 45.3 Å². The van der Waals surface area contributed by atoms with E-state index in [-0.39, 0.29) is 12.1 Å². The summed E-state index contributed by atoms with van der Waals surface area (Å²) in [5.74, 6) is 3.53. The van der Waals surface area contributed by atoms with Gasteiger partial charge in [-0.15, -0.1) is 0 Å². The van der Waals surface area contributed by atoms with E-state index < -0.39 is 0 Å². The minimum atomic E-state index is -0.223. The van der Waals surface area contributed by atoms with Crippen molar-refractivity contribution < 1.29 is 9.47 Å². The molecule has 10 rings (SSSR count). The molecule has 2 aliphatic heterocycles. The standard InChI is InChI=1S/C45H32BNO2/c1-45(2)36-26-33(47(31-16-8-4-9-17-31)32-18-10-5-11-19-32)22-23-34(36)35-27-41-39(28-37(35)45)46-38-20-12-13-21-40(38)48-42-24-30(25-43(49-41)44(42)46)29-14-6-3-7-15-29/h3-28H,1-2H3. The van der Waals surface area contributed by atoms with Gasteiger partial charge in [0.2, 0.25) is 0 Å². The maximum absolute atomic E-state index is 6.90. The van der Waals surface area contributed by atoms with E-state index in [4.69, 9.17) is 9.47 Å². The van der Waals surface area contributed by atoms with Crippen LogP contribution in [0.15, 0.2) is 158 Å². The number of hydrogen-bond donors (Lipinski definition) is 0. The normalized spacial score (nSPS) is 14.0. The fraction of sp³-hybridized carbons (Fsp3) is 0.0667. The SMILES string of the molecule is CC1(C)c2cc(N(c3ccccc3)c3ccccc3)ccc2-c2cc3c(cc21)B1c2ccccc2Oc2cc(-c4ccccc4)cc(c21)O3. The molecule has 0 amide bonds. The van der Waals surface area contributed by atoms with E-state index in [1.54, 1.807) is 0 Å². The maximum Gasteiger partial charge on any atom is 0.260 e. The summed E-state index contributed by atoms with van der Waals surface area (Å²) in [6, 6.07) is 56.2. The molecule has 0 fully saturated rings. The van der Waals surface area contributed by atoms with Crippen LogP contribution in [0.4, 0.5) is 17.1 Å². The molecule has 0 unspecified atom stereocenters. The smallest absolute Gasteiger partial charge is 0.260 e. The molecule has 2 heterocycles. The van der Waals surface area contributed by atoms with Gasteiger partial charge in [0.05, 0.1) is 0 Å². The number of fused-ring (bicyclic) bond motifs is 7. The van der Waals surface area contributed by atoms with E-state index in [0.717, 1.165) is 56.6 Å². The molecule has 0 spiro atoms.